The zero-order chi connectivity index (χ0) is 14.7. The number of aromatic nitrogens is 2. The molecule has 0 spiro atoms. The van der Waals surface area contributed by atoms with Gasteiger partial charge in [-0.25, -0.2) is 4.68 Å². The van der Waals surface area contributed by atoms with Gasteiger partial charge >= 0.3 is 0 Å². The summed E-state index contributed by atoms with van der Waals surface area (Å²) in [6.45, 7) is 5.07. The molecule has 3 rings (SSSR count). The molecule has 2 aromatic rings. The monoisotopic (exact) mass is 285 g/mol. The van der Waals surface area contributed by atoms with Gasteiger partial charge in [-0.15, -0.1) is 0 Å². The maximum absolute atomic E-state index is 5.60. The molecule has 1 fully saturated rings. The summed E-state index contributed by atoms with van der Waals surface area (Å²) in [5, 5.41) is 8.11. The molecule has 0 aliphatic heterocycles. The summed E-state index contributed by atoms with van der Waals surface area (Å²) in [4.78, 5) is 0. The molecular formula is C17H23N3O. The highest BCUT2D eigenvalue weighted by molar-refractivity contribution is 5.31. The van der Waals surface area contributed by atoms with Crippen molar-refractivity contribution in [2.24, 2.45) is 0 Å². The summed E-state index contributed by atoms with van der Waals surface area (Å²) in [6.07, 6.45) is 6.73. The topological polar surface area (TPSA) is 39.1 Å². The van der Waals surface area contributed by atoms with Gasteiger partial charge in [-0.05, 0) is 38.8 Å². The fourth-order valence-corrected chi connectivity index (χ4v) is 2.81. The highest BCUT2D eigenvalue weighted by Gasteiger charge is 2.30. The largest absolute Gasteiger partial charge is 0.378 e. The number of nitrogens with zero attached hydrogens (tertiary/aromatic N) is 2. The van der Waals surface area contributed by atoms with Gasteiger partial charge in [-0.2, -0.15) is 5.10 Å². The van der Waals surface area contributed by atoms with Crippen LogP contribution in [0.1, 0.15) is 38.3 Å². The smallest absolute Gasteiger partial charge is 0.0645 e. The molecule has 1 aromatic heterocycles. The second-order valence-corrected chi connectivity index (χ2v) is 5.69. The molecule has 1 aliphatic carbocycles. The summed E-state index contributed by atoms with van der Waals surface area (Å²) < 4.78 is 7.53. The van der Waals surface area contributed by atoms with E-state index in [1.165, 1.54) is 5.56 Å². The van der Waals surface area contributed by atoms with Crippen molar-refractivity contribution in [2.45, 2.75) is 44.9 Å². The van der Waals surface area contributed by atoms with E-state index in [4.69, 9.17) is 4.74 Å². The Morgan fingerprint density at radius 3 is 2.81 bits per heavy atom. The lowest BCUT2D eigenvalue weighted by atomic mass is 9.88. The van der Waals surface area contributed by atoms with E-state index >= 15 is 0 Å². The molecule has 1 aliphatic rings. The van der Waals surface area contributed by atoms with E-state index in [0.29, 0.717) is 18.2 Å². The Balaban J connectivity index is 1.57. The molecule has 1 saturated carbocycles. The van der Waals surface area contributed by atoms with Crippen LogP contribution in [-0.4, -0.2) is 28.5 Å². The molecule has 1 aromatic carbocycles. The maximum atomic E-state index is 5.60. The Morgan fingerprint density at radius 2 is 2.10 bits per heavy atom. The highest BCUT2D eigenvalue weighted by atomic mass is 16.5. The van der Waals surface area contributed by atoms with E-state index < -0.39 is 0 Å². The number of benzene rings is 1. The Kier molecular flexibility index (Phi) is 4.36. The lowest BCUT2D eigenvalue weighted by Crippen LogP contribution is -2.46. The van der Waals surface area contributed by atoms with Gasteiger partial charge in [0.05, 0.1) is 18.0 Å². The van der Waals surface area contributed by atoms with Crippen LogP contribution in [0.5, 0.6) is 0 Å². The van der Waals surface area contributed by atoms with Crippen LogP contribution in [0.25, 0.3) is 5.69 Å². The number of ether oxygens (including phenoxy) is 1. The Labute approximate surface area is 126 Å². The maximum Gasteiger partial charge on any atom is 0.0645 e. The minimum absolute atomic E-state index is 0.315. The fraction of sp³-hybridized carbons (Fsp3) is 0.471. The summed E-state index contributed by atoms with van der Waals surface area (Å²) in [5.41, 5.74) is 2.31. The normalized spacial score (nSPS) is 22.8. The Bertz CT molecular complexity index is 560. The zero-order valence-electron chi connectivity index (χ0n) is 12.7. The highest BCUT2D eigenvalue weighted by Crippen LogP contribution is 2.26. The second kappa shape index (κ2) is 6.41. The van der Waals surface area contributed by atoms with Gasteiger partial charge in [-0.1, -0.05) is 18.2 Å². The SMILES string of the molecule is CCOC1CC(NC(C)c2cnn(-c3ccccc3)c2)C1. The summed E-state index contributed by atoms with van der Waals surface area (Å²) in [5.74, 6) is 0. The van der Waals surface area contributed by atoms with Crippen molar-refractivity contribution in [1.82, 2.24) is 15.1 Å². The molecule has 0 bridgehead atoms. The first-order valence-corrected chi connectivity index (χ1v) is 7.74. The van der Waals surface area contributed by atoms with Gasteiger partial charge in [0.25, 0.3) is 0 Å². The van der Waals surface area contributed by atoms with E-state index in [-0.39, 0.29) is 0 Å². The van der Waals surface area contributed by atoms with Crippen molar-refractivity contribution in [1.29, 1.82) is 0 Å². The molecule has 0 radical (unpaired) electrons. The Hall–Kier alpha value is -1.65. The van der Waals surface area contributed by atoms with E-state index in [0.717, 1.165) is 25.1 Å². The standard InChI is InChI=1S/C17H23N3O/c1-3-21-17-9-15(10-17)19-13(2)14-11-18-20(12-14)16-7-5-4-6-8-16/h4-8,11-13,15,17,19H,3,9-10H2,1-2H3. The van der Waals surface area contributed by atoms with Gasteiger partial charge in [0.2, 0.25) is 0 Å². The van der Waals surface area contributed by atoms with Crippen molar-refractivity contribution in [3.8, 4) is 5.69 Å². The average Bonchev–Trinajstić information content (AvgIpc) is 2.96. The van der Waals surface area contributed by atoms with Crippen LogP contribution in [0.4, 0.5) is 0 Å². The predicted molar refractivity (Wildman–Crippen MR) is 83.6 cm³/mol. The fourth-order valence-electron chi connectivity index (χ4n) is 2.81. The third-order valence-electron chi connectivity index (χ3n) is 4.11. The van der Waals surface area contributed by atoms with Crippen molar-refractivity contribution < 1.29 is 4.74 Å². The zero-order valence-corrected chi connectivity index (χ0v) is 12.7. The molecule has 1 N–H and O–H groups in total. The van der Waals surface area contributed by atoms with Crippen LogP contribution in [0.2, 0.25) is 0 Å². The number of para-hydroxylation sites is 1. The third kappa shape index (κ3) is 3.34. The van der Waals surface area contributed by atoms with Gasteiger partial charge in [0, 0.05) is 30.5 Å². The van der Waals surface area contributed by atoms with E-state index in [2.05, 4.69) is 42.6 Å². The van der Waals surface area contributed by atoms with Crippen LogP contribution in [0.15, 0.2) is 42.7 Å². The molecule has 4 nitrogen and oxygen atoms in total. The number of hydrogen-bond acceptors (Lipinski definition) is 3. The number of rotatable bonds is 6. The number of hydrogen-bond donors (Lipinski definition) is 1. The summed E-state index contributed by atoms with van der Waals surface area (Å²) >= 11 is 0. The molecule has 21 heavy (non-hydrogen) atoms. The molecule has 1 heterocycles. The minimum atomic E-state index is 0.315. The second-order valence-electron chi connectivity index (χ2n) is 5.69. The van der Waals surface area contributed by atoms with Gasteiger partial charge in [0.15, 0.2) is 0 Å². The van der Waals surface area contributed by atoms with Crippen LogP contribution >= 0.6 is 0 Å². The van der Waals surface area contributed by atoms with Crippen LogP contribution in [0.3, 0.4) is 0 Å². The molecular weight excluding hydrogens is 262 g/mol. The van der Waals surface area contributed by atoms with Gasteiger partial charge < -0.3 is 10.1 Å². The lowest BCUT2D eigenvalue weighted by Gasteiger charge is -2.37. The van der Waals surface area contributed by atoms with E-state index in [1.807, 2.05) is 29.1 Å². The molecule has 1 atom stereocenters. The van der Waals surface area contributed by atoms with Crippen LogP contribution < -0.4 is 5.32 Å². The van der Waals surface area contributed by atoms with Crippen molar-refractivity contribution in [3.05, 3.63) is 48.3 Å². The van der Waals surface area contributed by atoms with E-state index in [9.17, 15) is 0 Å². The van der Waals surface area contributed by atoms with Crippen LogP contribution in [-0.2, 0) is 4.74 Å². The first kappa shape index (κ1) is 14.3. The van der Waals surface area contributed by atoms with Gasteiger partial charge in [-0.3, -0.25) is 0 Å². The van der Waals surface area contributed by atoms with Gasteiger partial charge in [0.1, 0.15) is 0 Å². The molecule has 112 valence electrons. The average molecular weight is 285 g/mol. The molecule has 1 unspecified atom stereocenters. The van der Waals surface area contributed by atoms with Crippen molar-refractivity contribution in [3.63, 3.8) is 0 Å². The van der Waals surface area contributed by atoms with E-state index in [1.54, 1.807) is 0 Å². The quantitative estimate of drug-likeness (QED) is 0.886. The first-order valence-electron chi connectivity index (χ1n) is 7.74. The predicted octanol–water partition coefficient (Wildman–Crippen LogP) is 3.09. The molecule has 4 heteroatoms. The molecule has 0 saturated heterocycles. The summed E-state index contributed by atoms with van der Waals surface area (Å²) in [7, 11) is 0. The number of nitrogens with one attached hydrogen (secondary N) is 1. The Morgan fingerprint density at radius 1 is 1.33 bits per heavy atom. The first-order chi connectivity index (χ1) is 10.3. The minimum Gasteiger partial charge on any atom is -0.378 e. The molecule has 0 amide bonds. The van der Waals surface area contributed by atoms with Crippen LogP contribution in [0, 0.1) is 0 Å². The lowest BCUT2D eigenvalue weighted by molar-refractivity contribution is -0.0120. The van der Waals surface area contributed by atoms with Crippen molar-refractivity contribution >= 4 is 0 Å². The third-order valence-corrected chi connectivity index (χ3v) is 4.11. The van der Waals surface area contributed by atoms with Crippen molar-refractivity contribution in [2.75, 3.05) is 6.61 Å². The summed E-state index contributed by atoms with van der Waals surface area (Å²) in [6, 6.07) is 11.1.